The second-order valence-corrected chi connectivity index (χ2v) is 11.1. The van der Waals surface area contributed by atoms with Crippen molar-refractivity contribution in [3.05, 3.63) is 53.8 Å². The Hall–Kier alpha value is -3.05. The van der Waals surface area contributed by atoms with Crippen molar-refractivity contribution < 1.29 is 33.3 Å². The molecule has 5 atom stereocenters. The van der Waals surface area contributed by atoms with Crippen LogP contribution < -0.4 is 21.5 Å². The van der Waals surface area contributed by atoms with Gasteiger partial charge in [-0.15, -0.1) is 0 Å². The Labute approximate surface area is 249 Å². The Morgan fingerprint density at radius 2 is 1.76 bits per heavy atom. The minimum atomic E-state index is -1.00. The summed E-state index contributed by atoms with van der Waals surface area (Å²) in [6.45, 7) is 8.85. The summed E-state index contributed by atoms with van der Waals surface area (Å²) >= 11 is 0. The molecule has 2 aromatic carbocycles. The second-order valence-electron chi connectivity index (χ2n) is 11.1. The number of amides is 2. The monoisotopic (exact) mass is 589 g/mol. The summed E-state index contributed by atoms with van der Waals surface area (Å²) in [6, 6.07) is 10.4. The fraction of sp³-hybridized carbons (Fsp3) is 0.562. The molecule has 0 saturated heterocycles. The van der Waals surface area contributed by atoms with Crippen molar-refractivity contribution in [3.63, 3.8) is 0 Å². The summed E-state index contributed by atoms with van der Waals surface area (Å²) in [4.78, 5) is 24.9. The molecule has 0 aliphatic rings. The van der Waals surface area contributed by atoms with Gasteiger partial charge >= 0.3 is 0 Å². The number of benzene rings is 2. The average Bonchev–Trinajstić information content (AvgIpc) is 2.96. The molecule has 0 fully saturated rings. The number of carbonyl (C=O) groups excluding carboxylic acids is 2. The van der Waals surface area contributed by atoms with Gasteiger partial charge in [-0.1, -0.05) is 58.4 Å². The third-order valence-electron chi connectivity index (χ3n) is 7.48. The van der Waals surface area contributed by atoms with Gasteiger partial charge in [-0.2, -0.15) is 0 Å². The lowest BCUT2D eigenvalue weighted by atomic mass is 9.86. The smallest absolute Gasteiger partial charge is 0.240 e. The SMILES string of the molecule is CC[C@H](C)[C@H](NC(=O)[C@@H](C[C@H](O)[C@@H](N)COCc1ccc(-c2ccc(F)cc2)c(OCCCOC)c1)C(C)C)C(N)=O. The molecule has 234 valence electrons. The lowest BCUT2D eigenvalue weighted by Gasteiger charge is -2.29. The van der Waals surface area contributed by atoms with Gasteiger partial charge in [0.05, 0.1) is 32.0 Å². The fourth-order valence-electron chi connectivity index (χ4n) is 4.56. The van der Waals surface area contributed by atoms with Gasteiger partial charge < -0.3 is 36.1 Å². The van der Waals surface area contributed by atoms with Gasteiger partial charge in [0.25, 0.3) is 0 Å². The zero-order chi connectivity index (χ0) is 31.2. The van der Waals surface area contributed by atoms with E-state index in [0.29, 0.717) is 31.8 Å². The molecule has 6 N–H and O–H groups in total. The van der Waals surface area contributed by atoms with Crippen molar-refractivity contribution >= 4 is 11.8 Å². The van der Waals surface area contributed by atoms with Crippen LogP contribution in [0.25, 0.3) is 11.1 Å². The van der Waals surface area contributed by atoms with Crippen LogP contribution >= 0.6 is 0 Å². The Morgan fingerprint density at radius 1 is 1.07 bits per heavy atom. The highest BCUT2D eigenvalue weighted by molar-refractivity contribution is 5.87. The standard InChI is InChI=1S/C32H48FN3O6/c1-6-21(4)30(31(35)38)36-32(39)26(20(2)3)17-28(37)27(34)19-41-18-22-8-13-25(23-9-11-24(33)12-10-23)29(16-22)42-15-7-14-40-5/h8-13,16,20-21,26-28,30,37H,6-7,14-15,17-19,34H2,1-5H3,(H2,35,38)(H,36,39)/t21-,26-,27-,28-,30-/m0/s1. The lowest BCUT2D eigenvalue weighted by Crippen LogP contribution is -2.51. The molecule has 2 amide bonds. The highest BCUT2D eigenvalue weighted by atomic mass is 19.1. The maximum atomic E-state index is 13.5. The average molecular weight is 590 g/mol. The second kappa shape index (κ2) is 17.8. The quantitative estimate of drug-likeness (QED) is 0.182. The van der Waals surface area contributed by atoms with Crippen molar-refractivity contribution in [2.75, 3.05) is 26.9 Å². The summed E-state index contributed by atoms with van der Waals surface area (Å²) in [5, 5.41) is 13.6. The minimum Gasteiger partial charge on any atom is -0.493 e. The molecular formula is C32H48FN3O6. The number of ether oxygens (including phenoxy) is 3. The minimum absolute atomic E-state index is 0.0636. The summed E-state index contributed by atoms with van der Waals surface area (Å²) in [6.07, 6.45) is 0.510. The first kappa shape index (κ1) is 35.1. The number of hydrogen-bond donors (Lipinski definition) is 4. The first-order chi connectivity index (χ1) is 20.0. The molecule has 0 saturated carbocycles. The summed E-state index contributed by atoms with van der Waals surface area (Å²) in [5.74, 6) is -1.36. The van der Waals surface area contributed by atoms with Crippen molar-refractivity contribution in [3.8, 4) is 16.9 Å². The number of hydrogen-bond acceptors (Lipinski definition) is 7. The number of nitrogens with two attached hydrogens (primary N) is 2. The van der Waals surface area contributed by atoms with Gasteiger partial charge in [0, 0.05) is 31.6 Å². The molecule has 2 aromatic rings. The van der Waals surface area contributed by atoms with Crippen molar-refractivity contribution in [2.45, 2.75) is 71.8 Å². The van der Waals surface area contributed by atoms with Gasteiger partial charge in [0.15, 0.2) is 0 Å². The topological polar surface area (TPSA) is 146 Å². The van der Waals surface area contributed by atoms with Gasteiger partial charge in [-0.05, 0) is 47.6 Å². The van der Waals surface area contributed by atoms with Gasteiger partial charge in [0.1, 0.15) is 17.6 Å². The molecule has 0 radical (unpaired) electrons. The number of primary amides is 1. The van der Waals surface area contributed by atoms with Crippen LogP contribution in [0.4, 0.5) is 4.39 Å². The number of carbonyl (C=O) groups is 2. The van der Waals surface area contributed by atoms with E-state index in [0.717, 1.165) is 16.7 Å². The van der Waals surface area contributed by atoms with Crippen LogP contribution in [-0.4, -0.2) is 62.0 Å². The van der Waals surface area contributed by atoms with Crippen LogP contribution in [0.3, 0.4) is 0 Å². The van der Waals surface area contributed by atoms with Gasteiger partial charge in [-0.25, -0.2) is 4.39 Å². The van der Waals surface area contributed by atoms with E-state index >= 15 is 0 Å². The third-order valence-corrected chi connectivity index (χ3v) is 7.48. The van der Waals surface area contributed by atoms with E-state index < -0.39 is 30.0 Å². The van der Waals surface area contributed by atoms with Crippen LogP contribution in [0.5, 0.6) is 5.75 Å². The van der Waals surface area contributed by atoms with Crippen LogP contribution in [0.1, 0.15) is 52.5 Å². The van der Waals surface area contributed by atoms with Crippen molar-refractivity contribution in [2.24, 2.45) is 29.2 Å². The van der Waals surface area contributed by atoms with E-state index in [1.807, 2.05) is 45.9 Å². The van der Waals surface area contributed by atoms with E-state index in [2.05, 4.69) is 5.32 Å². The number of methoxy groups -OCH3 is 1. The number of nitrogens with one attached hydrogen (secondary N) is 1. The summed E-state index contributed by atoms with van der Waals surface area (Å²) in [5.41, 5.74) is 14.2. The van der Waals surface area contributed by atoms with Crippen LogP contribution in [-0.2, 0) is 25.7 Å². The molecule has 2 rings (SSSR count). The molecule has 10 heteroatoms. The molecule has 9 nitrogen and oxygen atoms in total. The molecular weight excluding hydrogens is 541 g/mol. The van der Waals surface area contributed by atoms with E-state index in [1.165, 1.54) is 12.1 Å². The predicted octanol–water partition coefficient (Wildman–Crippen LogP) is 3.79. The number of aliphatic hydroxyl groups excluding tert-OH is 1. The Balaban J connectivity index is 2.01. The third kappa shape index (κ3) is 11.0. The predicted molar refractivity (Wildman–Crippen MR) is 161 cm³/mol. The molecule has 0 aliphatic heterocycles. The lowest BCUT2D eigenvalue weighted by molar-refractivity contribution is -0.132. The van der Waals surface area contributed by atoms with Crippen LogP contribution in [0.15, 0.2) is 42.5 Å². The largest absolute Gasteiger partial charge is 0.493 e. The van der Waals surface area contributed by atoms with Gasteiger partial charge in [-0.3, -0.25) is 9.59 Å². The highest BCUT2D eigenvalue weighted by Gasteiger charge is 2.32. The Kier molecular flexibility index (Phi) is 14.9. The molecule has 0 aromatic heterocycles. The fourth-order valence-corrected chi connectivity index (χ4v) is 4.56. The van der Waals surface area contributed by atoms with Crippen molar-refractivity contribution in [1.82, 2.24) is 5.32 Å². The van der Waals surface area contributed by atoms with Crippen LogP contribution in [0.2, 0.25) is 0 Å². The normalized spacial score (nSPS) is 15.1. The van der Waals surface area contributed by atoms with E-state index in [9.17, 15) is 19.1 Å². The molecule has 0 aliphatic carbocycles. The molecule has 0 heterocycles. The molecule has 0 spiro atoms. The zero-order valence-corrected chi connectivity index (χ0v) is 25.5. The maximum Gasteiger partial charge on any atom is 0.240 e. The number of aliphatic hydroxyl groups is 1. The maximum absolute atomic E-state index is 13.5. The van der Waals surface area contributed by atoms with E-state index in [1.54, 1.807) is 19.2 Å². The Bertz CT molecular complexity index is 1110. The zero-order valence-electron chi connectivity index (χ0n) is 25.5. The summed E-state index contributed by atoms with van der Waals surface area (Å²) < 4.78 is 30.4. The number of rotatable bonds is 19. The first-order valence-corrected chi connectivity index (χ1v) is 14.6. The highest BCUT2D eigenvalue weighted by Crippen LogP contribution is 2.32. The number of halogens is 1. The van der Waals surface area contributed by atoms with Crippen LogP contribution in [0, 0.1) is 23.6 Å². The first-order valence-electron chi connectivity index (χ1n) is 14.6. The molecule has 42 heavy (non-hydrogen) atoms. The van der Waals surface area contributed by atoms with E-state index in [-0.39, 0.29) is 43.2 Å². The Morgan fingerprint density at radius 3 is 2.36 bits per heavy atom. The molecule has 0 bridgehead atoms. The van der Waals surface area contributed by atoms with E-state index in [4.69, 9.17) is 25.7 Å². The molecule has 0 unspecified atom stereocenters. The van der Waals surface area contributed by atoms with Gasteiger partial charge in [0.2, 0.25) is 11.8 Å². The summed E-state index contributed by atoms with van der Waals surface area (Å²) in [7, 11) is 1.63. The van der Waals surface area contributed by atoms with Crippen molar-refractivity contribution in [1.29, 1.82) is 0 Å².